The van der Waals surface area contributed by atoms with Crippen molar-refractivity contribution in [2.75, 3.05) is 0 Å². The third kappa shape index (κ3) is 3.90. The van der Waals surface area contributed by atoms with Crippen LogP contribution in [-0.2, 0) is 4.79 Å². The summed E-state index contributed by atoms with van der Waals surface area (Å²) in [5.41, 5.74) is 3.37. The molecule has 4 aliphatic carbocycles. The zero-order chi connectivity index (χ0) is 20.8. The molecule has 0 radical (unpaired) electrons. The number of hydrogen-bond acceptors (Lipinski definition) is 3. The highest BCUT2D eigenvalue weighted by Gasteiger charge is 2.43. The van der Waals surface area contributed by atoms with E-state index in [9.17, 15) is 14.7 Å². The van der Waals surface area contributed by atoms with Crippen LogP contribution in [0.5, 0.6) is 5.75 Å². The van der Waals surface area contributed by atoms with Crippen molar-refractivity contribution in [1.82, 2.24) is 5.32 Å². The first-order valence-corrected chi connectivity index (χ1v) is 11.2. The zero-order valence-electron chi connectivity index (χ0n) is 17.4. The van der Waals surface area contributed by atoms with E-state index in [-0.39, 0.29) is 17.9 Å². The number of carboxylic acid groups (broad SMARTS) is 1. The van der Waals surface area contributed by atoms with Crippen LogP contribution in [-0.4, -0.2) is 29.1 Å². The van der Waals surface area contributed by atoms with Crippen LogP contribution in [0.2, 0.25) is 0 Å². The molecule has 5 rings (SSSR count). The van der Waals surface area contributed by atoms with E-state index in [4.69, 9.17) is 4.74 Å². The molecular formula is C25H29NO4. The quantitative estimate of drug-likeness (QED) is 0.698. The summed E-state index contributed by atoms with van der Waals surface area (Å²) in [5, 5.41) is 12.5. The molecule has 0 aromatic heterocycles. The molecule has 1 unspecified atom stereocenters. The molecule has 2 N–H and O–H groups in total. The van der Waals surface area contributed by atoms with E-state index < -0.39 is 5.97 Å². The molecule has 2 fully saturated rings. The minimum Gasteiger partial charge on any atom is -0.490 e. The molecule has 158 valence electrons. The molecular weight excluding hydrogens is 378 g/mol. The Hall–Kier alpha value is -2.56. The summed E-state index contributed by atoms with van der Waals surface area (Å²) in [6, 6.07) is 7.52. The fraction of sp³-hybridized carbons (Fsp3) is 0.520. The Balaban J connectivity index is 1.29. The Labute approximate surface area is 177 Å². The molecule has 0 bridgehead atoms. The van der Waals surface area contributed by atoms with Crippen LogP contribution in [0.4, 0.5) is 0 Å². The predicted octanol–water partition coefficient (Wildman–Crippen LogP) is 4.49. The normalized spacial score (nSPS) is 25.7. The zero-order valence-corrected chi connectivity index (χ0v) is 17.4. The number of nitrogens with one attached hydrogen (secondary N) is 1. The average molecular weight is 408 g/mol. The summed E-state index contributed by atoms with van der Waals surface area (Å²) < 4.78 is 6.31. The summed E-state index contributed by atoms with van der Waals surface area (Å²) >= 11 is 0. The lowest BCUT2D eigenvalue weighted by Gasteiger charge is -2.23. The number of aliphatic carboxylic acids is 1. The number of rotatable bonds is 7. The fourth-order valence-corrected chi connectivity index (χ4v) is 5.08. The number of carbonyl (C=O) groups is 2. The van der Waals surface area contributed by atoms with E-state index in [1.165, 1.54) is 31.3 Å². The van der Waals surface area contributed by atoms with Crippen LogP contribution in [0, 0.1) is 17.8 Å². The first-order valence-electron chi connectivity index (χ1n) is 11.2. The van der Waals surface area contributed by atoms with Gasteiger partial charge in [0.2, 0.25) is 0 Å². The van der Waals surface area contributed by atoms with E-state index in [2.05, 4.69) is 12.2 Å². The van der Waals surface area contributed by atoms with Crippen molar-refractivity contribution in [2.45, 2.75) is 64.0 Å². The van der Waals surface area contributed by atoms with Gasteiger partial charge in [0.25, 0.3) is 5.91 Å². The van der Waals surface area contributed by atoms with Crippen molar-refractivity contribution in [3.63, 3.8) is 0 Å². The minimum atomic E-state index is -0.839. The van der Waals surface area contributed by atoms with Gasteiger partial charge in [-0.2, -0.15) is 0 Å². The van der Waals surface area contributed by atoms with Gasteiger partial charge in [0, 0.05) is 11.1 Å². The third-order valence-electron chi connectivity index (χ3n) is 7.01. The van der Waals surface area contributed by atoms with Gasteiger partial charge in [-0.1, -0.05) is 13.0 Å². The van der Waals surface area contributed by atoms with Crippen molar-refractivity contribution in [3.8, 4) is 5.75 Å². The standard InChI is InChI=1S/C25H29NO4/c1-14-11-19-12-18(25(28)29)9-10-21(19)22(14)26-24(27)17-3-2-4-20(13-17)30-23(15-5-6-15)16-7-8-16/h2-4,12-16,22-23H,5-11H2,1H3,(H,26,27)(H,28,29)/t14?,22-/m0/s1. The predicted molar refractivity (Wildman–Crippen MR) is 113 cm³/mol. The van der Waals surface area contributed by atoms with E-state index in [1.807, 2.05) is 30.3 Å². The molecule has 1 aromatic rings. The van der Waals surface area contributed by atoms with Crippen molar-refractivity contribution >= 4 is 11.9 Å². The third-order valence-corrected chi connectivity index (χ3v) is 7.01. The summed E-state index contributed by atoms with van der Waals surface area (Å²) in [5.74, 6) is 1.50. The number of carbonyl (C=O) groups excluding carboxylic acids is 1. The number of allylic oxidation sites excluding steroid dienone is 2. The van der Waals surface area contributed by atoms with Crippen molar-refractivity contribution in [1.29, 1.82) is 0 Å². The Morgan fingerprint density at radius 3 is 2.53 bits per heavy atom. The van der Waals surface area contributed by atoms with E-state index in [0.717, 1.165) is 17.7 Å². The average Bonchev–Trinajstić information content (AvgIpc) is 3.65. The molecule has 30 heavy (non-hydrogen) atoms. The second-order valence-corrected chi connectivity index (χ2v) is 9.44. The number of amides is 1. The van der Waals surface area contributed by atoms with Gasteiger partial charge in [-0.25, -0.2) is 4.79 Å². The lowest BCUT2D eigenvalue weighted by atomic mass is 9.92. The maximum atomic E-state index is 13.0. The summed E-state index contributed by atoms with van der Waals surface area (Å²) in [7, 11) is 0. The first kappa shape index (κ1) is 19.4. The second kappa shape index (κ2) is 7.60. The van der Waals surface area contributed by atoms with Gasteiger partial charge in [-0.3, -0.25) is 4.79 Å². The summed E-state index contributed by atoms with van der Waals surface area (Å²) in [6.45, 7) is 2.12. The maximum absolute atomic E-state index is 13.0. The summed E-state index contributed by atoms with van der Waals surface area (Å²) in [4.78, 5) is 24.3. The molecule has 2 saturated carbocycles. The molecule has 2 atom stereocenters. The number of carboxylic acids is 1. The van der Waals surface area contributed by atoms with Gasteiger partial charge in [0.1, 0.15) is 11.9 Å². The van der Waals surface area contributed by atoms with E-state index in [1.54, 1.807) is 0 Å². The van der Waals surface area contributed by atoms with Gasteiger partial charge in [0.05, 0.1) is 6.04 Å². The monoisotopic (exact) mass is 407 g/mol. The van der Waals surface area contributed by atoms with Gasteiger partial charge in [-0.15, -0.1) is 0 Å². The first-order chi connectivity index (χ1) is 14.5. The number of hydrogen-bond donors (Lipinski definition) is 2. The smallest absolute Gasteiger partial charge is 0.331 e. The van der Waals surface area contributed by atoms with E-state index in [0.29, 0.717) is 41.9 Å². The van der Waals surface area contributed by atoms with Gasteiger partial charge in [-0.05, 0) is 98.1 Å². The van der Waals surface area contributed by atoms with Crippen molar-refractivity contribution in [3.05, 3.63) is 52.6 Å². The Kier molecular flexibility index (Phi) is 4.92. The van der Waals surface area contributed by atoms with Crippen molar-refractivity contribution < 1.29 is 19.4 Å². The van der Waals surface area contributed by atoms with Gasteiger partial charge < -0.3 is 15.2 Å². The second-order valence-electron chi connectivity index (χ2n) is 9.44. The number of benzene rings is 1. The molecule has 0 aliphatic heterocycles. The Bertz CT molecular complexity index is 926. The lowest BCUT2D eigenvalue weighted by molar-refractivity contribution is -0.132. The molecule has 1 aromatic carbocycles. The molecule has 5 nitrogen and oxygen atoms in total. The Morgan fingerprint density at radius 1 is 1.13 bits per heavy atom. The van der Waals surface area contributed by atoms with Crippen LogP contribution >= 0.6 is 0 Å². The molecule has 0 heterocycles. The highest BCUT2D eigenvalue weighted by Crippen LogP contribution is 2.46. The SMILES string of the molecule is CC1CC2=C(CCC(C(=O)O)=C2)[C@H]1NC(=O)c1cccc(OC(C2CC2)C2CC2)c1. The summed E-state index contributed by atoms with van der Waals surface area (Å²) in [6.07, 6.45) is 9.21. The maximum Gasteiger partial charge on any atom is 0.331 e. The largest absolute Gasteiger partial charge is 0.490 e. The Morgan fingerprint density at radius 2 is 1.87 bits per heavy atom. The lowest BCUT2D eigenvalue weighted by Crippen LogP contribution is -2.38. The fourth-order valence-electron chi connectivity index (χ4n) is 5.08. The van der Waals surface area contributed by atoms with E-state index >= 15 is 0 Å². The molecule has 5 heteroatoms. The molecule has 0 spiro atoms. The van der Waals surface area contributed by atoms with Crippen LogP contribution in [0.15, 0.2) is 47.1 Å². The number of ether oxygens (including phenoxy) is 1. The van der Waals surface area contributed by atoms with Crippen LogP contribution in [0.25, 0.3) is 0 Å². The highest BCUT2D eigenvalue weighted by molar-refractivity contribution is 5.95. The highest BCUT2D eigenvalue weighted by atomic mass is 16.5. The molecule has 1 amide bonds. The van der Waals surface area contributed by atoms with Crippen LogP contribution in [0.3, 0.4) is 0 Å². The van der Waals surface area contributed by atoms with Crippen LogP contribution in [0.1, 0.15) is 62.2 Å². The molecule has 0 saturated heterocycles. The minimum absolute atomic E-state index is 0.0330. The van der Waals surface area contributed by atoms with Crippen LogP contribution < -0.4 is 10.1 Å². The molecule has 4 aliphatic rings. The van der Waals surface area contributed by atoms with Gasteiger partial charge in [0.15, 0.2) is 0 Å². The van der Waals surface area contributed by atoms with Gasteiger partial charge >= 0.3 is 5.97 Å². The topological polar surface area (TPSA) is 75.6 Å². The van der Waals surface area contributed by atoms with Crippen molar-refractivity contribution in [2.24, 2.45) is 17.8 Å².